The second kappa shape index (κ2) is 6.28. The van der Waals surface area contributed by atoms with Crippen molar-refractivity contribution in [1.82, 2.24) is 9.78 Å². The molecule has 0 saturated carbocycles. The minimum atomic E-state index is -0.705. The van der Waals surface area contributed by atoms with Crippen LogP contribution in [-0.2, 0) is 4.79 Å². The Morgan fingerprint density at radius 1 is 1.12 bits per heavy atom. The number of fused-ring (bicyclic) bond motifs is 1. The molecule has 5 heteroatoms. The average molecular weight is 321 g/mol. The number of nitrogens with one attached hydrogen (secondary N) is 1. The van der Waals surface area contributed by atoms with E-state index in [0.717, 1.165) is 16.5 Å². The van der Waals surface area contributed by atoms with Gasteiger partial charge in [0.2, 0.25) is 5.91 Å². The summed E-state index contributed by atoms with van der Waals surface area (Å²) in [6, 6.07) is 12.2. The average Bonchev–Trinajstić information content (AvgIpc) is 2.58. The number of nitrogens with zero attached hydrogens (tertiary/aromatic N) is 2. The van der Waals surface area contributed by atoms with E-state index in [-0.39, 0.29) is 11.5 Å². The van der Waals surface area contributed by atoms with Gasteiger partial charge < -0.3 is 5.32 Å². The molecule has 1 aromatic heterocycles. The van der Waals surface area contributed by atoms with E-state index < -0.39 is 6.04 Å². The fourth-order valence-corrected chi connectivity index (χ4v) is 2.56. The number of hydrogen-bond donors (Lipinski definition) is 1. The summed E-state index contributed by atoms with van der Waals surface area (Å²) in [6.07, 6.45) is 1.61. The van der Waals surface area contributed by atoms with Gasteiger partial charge in [-0.25, -0.2) is 4.68 Å². The quantitative estimate of drug-likeness (QED) is 0.805. The van der Waals surface area contributed by atoms with Gasteiger partial charge in [-0.2, -0.15) is 5.10 Å². The van der Waals surface area contributed by atoms with Crippen LogP contribution in [-0.4, -0.2) is 15.7 Å². The molecule has 3 rings (SSSR count). The molecule has 2 aromatic carbocycles. The van der Waals surface area contributed by atoms with E-state index in [4.69, 9.17) is 0 Å². The third-order valence-electron chi connectivity index (χ3n) is 4.24. The van der Waals surface area contributed by atoms with Gasteiger partial charge in [-0.3, -0.25) is 9.59 Å². The molecule has 1 amide bonds. The van der Waals surface area contributed by atoms with Crippen LogP contribution in [0.5, 0.6) is 0 Å². The molecule has 1 atom stereocenters. The van der Waals surface area contributed by atoms with Gasteiger partial charge in [0.25, 0.3) is 5.56 Å². The lowest BCUT2D eigenvalue weighted by molar-refractivity contribution is -0.119. The predicted octanol–water partition coefficient (Wildman–Crippen LogP) is 3.21. The monoisotopic (exact) mass is 321 g/mol. The predicted molar refractivity (Wildman–Crippen MR) is 95.3 cm³/mol. The van der Waals surface area contributed by atoms with Gasteiger partial charge in [0.05, 0.1) is 11.6 Å². The van der Waals surface area contributed by atoms with Crippen molar-refractivity contribution in [3.63, 3.8) is 0 Å². The Balaban J connectivity index is 1.89. The maximum absolute atomic E-state index is 12.5. The molecule has 0 spiro atoms. The second-order valence-electron chi connectivity index (χ2n) is 5.95. The number of aromatic nitrogens is 2. The topological polar surface area (TPSA) is 64.0 Å². The van der Waals surface area contributed by atoms with Gasteiger partial charge in [-0.15, -0.1) is 0 Å². The number of benzene rings is 2. The van der Waals surface area contributed by atoms with E-state index in [0.29, 0.717) is 11.1 Å². The lowest BCUT2D eigenvalue weighted by atomic mass is 10.1. The first kappa shape index (κ1) is 15.9. The van der Waals surface area contributed by atoms with Crippen molar-refractivity contribution in [2.75, 3.05) is 5.32 Å². The van der Waals surface area contributed by atoms with Gasteiger partial charge in [0.15, 0.2) is 0 Å². The molecule has 0 unspecified atom stereocenters. The van der Waals surface area contributed by atoms with Crippen molar-refractivity contribution in [3.8, 4) is 0 Å². The zero-order valence-corrected chi connectivity index (χ0v) is 13.9. The van der Waals surface area contributed by atoms with Crippen LogP contribution < -0.4 is 10.9 Å². The van der Waals surface area contributed by atoms with E-state index in [2.05, 4.69) is 10.4 Å². The Morgan fingerprint density at radius 3 is 2.62 bits per heavy atom. The molecule has 3 aromatic rings. The van der Waals surface area contributed by atoms with Crippen molar-refractivity contribution >= 4 is 22.4 Å². The summed E-state index contributed by atoms with van der Waals surface area (Å²) in [6.45, 7) is 5.67. The first-order valence-electron chi connectivity index (χ1n) is 7.82. The van der Waals surface area contributed by atoms with Crippen LogP contribution in [0.1, 0.15) is 24.1 Å². The van der Waals surface area contributed by atoms with E-state index in [9.17, 15) is 9.59 Å². The van der Waals surface area contributed by atoms with Crippen molar-refractivity contribution in [2.24, 2.45) is 0 Å². The van der Waals surface area contributed by atoms with Gasteiger partial charge in [-0.05, 0) is 50.1 Å². The molecule has 0 aliphatic heterocycles. The maximum Gasteiger partial charge on any atom is 0.275 e. The first-order chi connectivity index (χ1) is 11.5. The molecule has 24 heavy (non-hydrogen) atoms. The molecule has 5 nitrogen and oxygen atoms in total. The van der Waals surface area contributed by atoms with E-state index in [1.807, 2.05) is 44.2 Å². The summed E-state index contributed by atoms with van der Waals surface area (Å²) >= 11 is 0. The number of anilines is 1. The van der Waals surface area contributed by atoms with Crippen LogP contribution in [0.2, 0.25) is 0 Å². The van der Waals surface area contributed by atoms with Crippen LogP contribution in [0.25, 0.3) is 10.8 Å². The molecular formula is C19H19N3O2. The van der Waals surface area contributed by atoms with Gasteiger partial charge >= 0.3 is 0 Å². The molecule has 0 bridgehead atoms. The minimum Gasteiger partial charge on any atom is -0.324 e. The molecule has 0 aliphatic carbocycles. The Kier molecular flexibility index (Phi) is 4.16. The first-order valence-corrected chi connectivity index (χ1v) is 7.82. The fourth-order valence-electron chi connectivity index (χ4n) is 2.56. The Morgan fingerprint density at radius 2 is 1.88 bits per heavy atom. The molecule has 0 saturated heterocycles. The number of rotatable bonds is 3. The summed E-state index contributed by atoms with van der Waals surface area (Å²) in [5, 5.41) is 8.31. The third kappa shape index (κ3) is 2.93. The Bertz CT molecular complexity index is 976. The zero-order chi connectivity index (χ0) is 17.3. The number of hydrogen-bond acceptors (Lipinski definition) is 3. The minimum absolute atomic E-state index is 0.268. The maximum atomic E-state index is 12.5. The van der Waals surface area contributed by atoms with Crippen LogP contribution >= 0.6 is 0 Å². The highest BCUT2D eigenvalue weighted by molar-refractivity contribution is 5.93. The van der Waals surface area contributed by atoms with Crippen LogP contribution in [0, 0.1) is 13.8 Å². The van der Waals surface area contributed by atoms with Crippen molar-refractivity contribution in [2.45, 2.75) is 26.8 Å². The van der Waals surface area contributed by atoms with E-state index in [1.54, 1.807) is 25.3 Å². The van der Waals surface area contributed by atoms with E-state index >= 15 is 0 Å². The molecule has 0 aliphatic rings. The van der Waals surface area contributed by atoms with Gasteiger partial charge in [0, 0.05) is 11.1 Å². The SMILES string of the molecule is Cc1ccc(NC(=O)[C@H](C)n2ncc3ccccc3c2=O)cc1C. The molecule has 1 heterocycles. The summed E-state index contributed by atoms with van der Waals surface area (Å²) in [5.74, 6) is -0.275. The second-order valence-corrected chi connectivity index (χ2v) is 5.95. The Hall–Kier alpha value is -2.95. The van der Waals surface area contributed by atoms with Gasteiger partial charge in [0.1, 0.15) is 6.04 Å². The van der Waals surface area contributed by atoms with E-state index in [1.165, 1.54) is 4.68 Å². The van der Waals surface area contributed by atoms with Crippen LogP contribution in [0.4, 0.5) is 5.69 Å². The zero-order valence-electron chi connectivity index (χ0n) is 13.9. The number of carbonyl (C=O) groups is 1. The third-order valence-corrected chi connectivity index (χ3v) is 4.24. The summed E-state index contributed by atoms with van der Waals surface area (Å²) in [7, 11) is 0. The molecular weight excluding hydrogens is 302 g/mol. The van der Waals surface area contributed by atoms with Crippen molar-refractivity contribution in [1.29, 1.82) is 0 Å². The Labute approximate surface area is 139 Å². The molecule has 0 radical (unpaired) electrons. The standard InChI is InChI=1S/C19H19N3O2/c1-12-8-9-16(10-13(12)2)21-18(23)14(3)22-19(24)17-7-5-4-6-15(17)11-20-22/h4-11,14H,1-3H3,(H,21,23)/t14-/m0/s1. The normalized spacial score (nSPS) is 12.1. The van der Waals surface area contributed by atoms with Crippen molar-refractivity contribution in [3.05, 3.63) is 70.1 Å². The lowest BCUT2D eigenvalue weighted by Crippen LogP contribution is -2.33. The van der Waals surface area contributed by atoms with Crippen LogP contribution in [0.3, 0.4) is 0 Å². The molecule has 1 N–H and O–H groups in total. The highest BCUT2D eigenvalue weighted by Crippen LogP contribution is 2.16. The highest BCUT2D eigenvalue weighted by atomic mass is 16.2. The summed E-state index contributed by atoms with van der Waals surface area (Å²) < 4.78 is 1.22. The highest BCUT2D eigenvalue weighted by Gasteiger charge is 2.18. The number of aryl methyl sites for hydroxylation is 2. The van der Waals surface area contributed by atoms with Crippen molar-refractivity contribution < 1.29 is 4.79 Å². The summed E-state index contributed by atoms with van der Waals surface area (Å²) in [4.78, 5) is 25.0. The summed E-state index contributed by atoms with van der Waals surface area (Å²) in [5.41, 5.74) is 2.70. The molecule has 122 valence electrons. The smallest absolute Gasteiger partial charge is 0.275 e. The van der Waals surface area contributed by atoms with Gasteiger partial charge in [-0.1, -0.05) is 24.3 Å². The number of amides is 1. The van der Waals surface area contributed by atoms with Crippen LogP contribution in [0.15, 0.2) is 53.5 Å². The number of carbonyl (C=O) groups excluding carboxylic acids is 1. The fraction of sp³-hybridized carbons (Fsp3) is 0.211. The lowest BCUT2D eigenvalue weighted by Gasteiger charge is -2.15. The molecule has 0 fully saturated rings. The largest absolute Gasteiger partial charge is 0.324 e.